The zero-order valence-corrected chi connectivity index (χ0v) is 20.2. The molecule has 2 aromatic heterocycles. The van der Waals surface area contributed by atoms with E-state index in [2.05, 4.69) is 15.0 Å². The van der Waals surface area contributed by atoms with Crippen molar-refractivity contribution in [2.75, 3.05) is 5.32 Å². The second-order valence-electron chi connectivity index (χ2n) is 7.13. The molecule has 1 unspecified atom stereocenters. The average Bonchev–Trinajstić information content (AvgIpc) is 3.28. The molecular weight excluding hydrogens is 519 g/mol. The Bertz CT molecular complexity index is 1590. The van der Waals surface area contributed by atoms with Crippen LogP contribution in [0.25, 0.3) is 27.6 Å². The predicted molar refractivity (Wildman–Crippen MR) is 136 cm³/mol. The molecule has 0 bridgehead atoms. The van der Waals surface area contributed by atoms with E-state index in [1.54, 1.807) is 48.7 Å². The van der Waals surface area contributed by atoms with Gasteiger partial charge in [0.25, 0.3) is 5.56 Å². The lowest BCUT2D eigenvalue weighted by molar-refractivity contribution is 0.257. The molecule has 0 saturated heterocycles. The molecule has 0 aliphatic carbocycles. The molecule has 0 saturated carbocycles. The minimum Gasteiger partial charge on any atom is -0.443 e. The second kappa shape index (κ2) is 9.30. The lowest BCUT2D eigenvalue weighted by Gasteiger charge is -2.13. The number of benzene rings is 2. The van der Waals surface area contributed by atoms with Crippen LogP contribution in [-0.2, 0) is 11.0 Å². The SMILES string of the molecule is O=C(Nc1ccc(-n2ccc3cc4ncoc4cc3c2=O)cc1)NS(=O)C1=CCC(Cl)=C(Cl)S1. The molecule has 4 aromatic rings. The molecule has 2 N–H and O–H groups in total. The van der Waals surface area contributed by atoms with Gasteiger partial charge in [0.15, 0.2) is 23.0 Å². The first-order valence-corrected chi connectivity index (χ1v) is 12.5. The second-order valence-corrected chi connectivity index (χ2v) is 10.7. The van der Waals surface area contributed by atoms with Crippen molar-refractivity contribution in [2.45, 2.75) is 6.42 Å². The molecule has 2 amide bonds. The number of anilines is 1. The van der Waals surface area contributed by atoms with Crippen molar-refractivity contribution in [1.82, 2.24) is 14.3 Å². The van der Waals surface area contributed by atoms with E-state index in [-0.39, 0.29) is 5.56 Å². The number of nitrogens with zero attached hydrogens (tertiary/aromatic N) is 2. The number of hydrogen-bond donors (Lipinski definition) is 2. The molecule has 1 aliphatic heterocycles. The zero-order chi connectivity index (χ0) is 23.8. The first kappa shape index (κ1) is 22.7. The van der Waals surface area contributed by atoms with Crippen LogP contribution in [0.15, 0.2) is 84.0 Å². The molecule has 8 nitrogen and oxygen atoms in total. The van der Waals surface area contributed by atoms with Crippen molar-refractivity contribution in [3.8, 4) is 5.69 Å². The van der Waals surface area contributed by atoms with Crippen LogP contribution < -0.4 is 15.6 Å². The van der Waals surface area contributed by atoms with Gasteiger partial charge in [-0.2, -0.15) is 0 Å². The highest BCUT2D eigenvalue weighted by Crippen LogP contribution is 2.39. The molecule has 2 aromatic carbocycles. The van der Waals surface area contributed by atoms with Gasteiger partial charge in [-0.05, 0) is 47.9 Å². The monoisotopic (exact) mass is 532 g/mol. The van der Waals surface area contributed by atoms with E-state index < -0.39 is 17.0 Å². The lowest BCUT2D eigenvalue weighted by Crippen LogP contribution is -2.30. The maximum Gasteiger partial charge on any atom is 0.331 e. The van der Waals surface area contributed by atoms with E-state index >= 15 is 0 Å². The highest BCUT2D eigenvalue weighted by atomic mass is 35.5. The maximum absolute atomic E-state index is 13.0. The summed E-state index contributed by atoms with van der Waals surface area (Å²) in [7, 11) is -1.78. The Kier molecular flexibility index (Phi) is 6.22. The Labute approximate surface area is 209 Å². The van der Waals surface area contributed by atoms with Crippen LogP contribution >= 0.6 is 35.0 Å². The highest BCUT2D eigenvalue weighted by molar-refractivity contribution is 8.19. The van der Waals surface area contributed by atoms with E-state index in [0.29, 0.717) is 47.9 Å². The van der Waals surface area contributed by atoms with E-state index in [1.807, 2.05) is 6.07 Å². The van der Waals surface area contributed by atoms with Crippen LogP contribution in [0, 0.1) is 0 Å². The van der Waals surface area contributed by atoms with Crippen LogP contribution in [0.3, 0.4) is 0 Å². The summed E-state index contributed by atoms with van der Waals surface area (Å²) >= 11 is 12.9. The van der Waals surface area contributed by atoms with Crippen LogP contribution in [0.2, 0.25) is 0 Å². The van der Waals surface area contributed by atoms with Crippen molar-refractivity contribution >= 4 is 79.5 Å². The molecule has 5 rings (SSSR count). The van der Waals surface area contributed by atoms with Gasteiger partial charge in [0.2, 0.25) is 0 Å². The third kappa shape index (κ3) is 4.49. The fraction of sp³-hybridized carbons (Fsp3) is 0.0455. The summed E-state index contributed by atoms with van der Waals surface area (Å²) in [5.41, 5.74) is 2.08. The molecule has 172 valence electrons. The summed E-state index contributed by atoms with van der Waals surface area (Å²) in [5, 5.41) is 4.34. The maximum atomic E-state index is 13.0. The Morgan fingerprint density at radius 1 is 1.18 bits per heavy atom. The van der Waals surface area contributed by atoms with Crippen molar-refractivity contribution in [1.29, 1.82) is 0 Å². The number of hydrogen-bond acceptors (Lipinski definition) is 6. The van der Waals surface area contributed by atoms with Gasteiger partial charge in [-0.15, -0.1) is 0 Å². The van der Waals surface area contributed by atoms with E-state index in [0.717, 1.165) is 17.1 Å². The van der Waals surface area contributed by atoms with Crippen molar-refractivity contribution in [3.05, 3.63) is 85.1 Å². The number of urea groups is 1. The molecule has 0 radical (unpaired) electrons. The number of carbonyl (C=O) groups excluding carboxylic acids is 1. The van der Waals surface area contributed by atoms with Crippen molar-refractivity contribution < 1.29 is 13.4 Å². The number of oxazole rings is 1. The van der Waals surface area contributed by atoms with E-state index in [9.17, 15) is 13.8 Å². The molecule has 0 fully saturated rings. The molecule has 1 atom stereocenters. The number of thioether (sulfide) groups is 1. The number of nitrogens with one attached hydrogen (secondary N) is 2. The van der Waals surface area contributed by atoms with Crippen LogP contribution in [-0.4, -0.2) is 19.8 Å². The topological polar surface area (TPSA) is 106 Å². The number of aromatic nitrogens is 2. The smallest absolute Gasteiger partial charge is 0.331 e. The zero-order valence-electron chi connectivity index (χ0n) is 17.1. The first-order chi connectivity index (χ1) is 16.4. The fourth-order valence-electron chi connectivity index (χ4n) is 3.35. The number of fused-ring (bicyclic) bond motifs is 2. The Morgan fingerprint density at radius 2 is 1.97 bits per heavy atom. The van der Waals surface area contributed by atoms with Crippen LogP contribution in [0.5, 0.6) is 0 Å². The average molecular weight is 533 g/mol. The standard InChI is InChI=1S/C22H14Cl2N4O4S2/c23-16-5-6-19(33-20(16)24)34(31)27-22(30)26-13-1-3-14(4-2-13)28-8-7-12-9-17-18(32-11-25-17)10-15(12)21(28)29/h1-4,6-11H,5H2,(H2,26,27,30). The minimum atomic E-state index is -1.78. The molecule has 0 spiro atoms. The Hall–Kier alpha value is -3.05. The van der Waals surface area contributed by atoms with Gasteiger partial charge < -0.3 is 9.73 Å². The van der Waals surface area contributed by atoms with Gasteiger partial charge in [-0.25, -0.2) is 14.0 Å². The number of carbonyl (C=O) groups is 1. The van der Waals surface area contributed by atoms with E-state index in [4.69, 9.17) is 27.6 Å². The van der Waals surface area contributed by atoms with Gasteiger partial charge in [-0.3, -0.25) is 14.1 Å². The van der Waals surface area contributed by atoms with Gasteiger partial charge >= 0.3 is 6.03 Å². The largest absolute Gasteiger partial charge is 0.443 e. The van der Waals surface area contributed by atoms with E-state index in [1.165, 1.54) is 11.0 Å². The summed E-state index contributed by atoms with van der Waals surface area (Å²) in [6.07, 6.45) is 5.03. The fourth-order valence-corrected chi connectivity index (χ4v) is 5.77. The summed E-state index contributed by atoms with van der Waals surface area (Å²) in [5.74, 6) is 0. The molecule has 1 aliphatic rings. The Morgan fingerprint density at radius 3 is 2.74 bits per heavy atom. The quantitative estimate of drug-likeness (QED) is 0.357. The lowest BCUT2D eigenvalue weighted by atomic mass is 10.1. The number of allylic oxidation sites excluding steroid dienone is 2. The molecule has 12 heteroatoms. The van der Waals surface area contributed by atoms with Crippen LogP contribution in [0.4, 0.5) is 10.5 Å². The normalized spacial score (nSPS) is 14.8. The van der Waals surface area contributed by atoms with Crippen molar-refractivity contribution in [2.24, 2.45) is 0 Å². The summed E-state index contributed by atoms with van der Waals surface area (Å²) in [6, 6.07) is 11.3. The van der Waals surface area contributed by atoms with Gasteiger partial charge in [0.05, 0.1) is 14.0 Å². The number of amides is 2. The third-order valence-corrected chi connectivity index (χ3v) is 8.39. The predicted octanol–water partition coefficient (Wildman–Crippen LogP) is 5.54. The third-order valence-electron chi connectivity index (χ3n) is 4.98. The first-order valence-electron chi connectivity index (χ1n) is 9.79. The highest BCUT2D eigenvalue weighted by Gasteiger charge is 2.19. The molecule has 34 heavy (non-hydrogen) atoms. The Balaban J connectivity index is 1.30. The number of pyridine rings is 1. The van der Waals surface area contributed by atoms with Gasteiger partial charge in [0.1, 0.15) is 5.52 Å². The summed E-state index contributed by atoms with van der Waals surface area (Å²) < 4.78 is 22.3. The van der Waals surface area contributed by atoms with Gasteiger partial charge in [0, 0.05) is 29.0 Å². The summed E-state index contributed by atoms with van der Waals surface area (Å²) in [4.78, 5) is 29.4. The molecular formula is C22H14Cl2N4O4S2. The van der Waals surface area contributed by atoms with Crippen LogP contribution in [0.1, 0.15) is 6.42 Å². The minimum absolute atomic E-state index is 0.212. The summed E-state index contributed by atoms with van der Waals surface area (Å²) in [6.45, 7) is 0. The molecule has 3 heterocycles. The van der Waals surface area contributed by atoms with Crippen molar-refractivity contribution in [3.63, 3.8) is 0 Å². The number of halogens is 2. The number of rotatable bonds is 4. The van der Waals surface area contributed by atoms with Gasteiger partial charge in [-0.1, -0.05) is 41.0 Å².